The first-order valence-electron chi connectivity index (χ1n) is 6.90. The largest absolute Gasteiger partial charge is 0.375 e. The van der Waals surface area contributed by atoms with E-state index in [4.69, 9.17) is 10.5 Å². The first kappa shape index (κ1) is 17.0. The van der Waals surface area contributed by atoms with Crippen LogP contribution in [0.2, 0.25) is 0 Å². The lowest BCUT2D eigenvalue weighted by molar-refractivity contribution is -0.126. The maximum atomic E-state index is 11.9. The quantitative estimate of drug-likeness (QED) is 0.790. The predicted molar refractivity (Wildman–Crippen MR) is 81.7 cm³/mol. The van der Waals surface area contributed by atoms with Crippen molar-refractivity contribution in [2.45, 2.75) is 37.8 Å². The van der Waals surface area contributed by atoms with E-state index < -0.39 is 5.54 Å². The van der Waals surface area contributed by atoms with Crippen LogP contribution in [0.15, 0.2) is 30.3 Å². The molecule has 0 aliphatic heterocycles. The summed E-state index contributed by atoms with van der Waals surface area (Å²) in [5.74, 6) is -0.0340. The van der Waals surface area contributed by atoms with Crippen molar-refractivity contribution in [2.75, 3.05) is 13.2 Å². The highest BCUT2D eigenvalue weighted by Crippen LogP contribution is 2.26. The Morgan fingerprint density at radius 1 is 1.25 bits per heavy atom. The fourth-order valence-electron chi connectivity index (χ4n) is 2.41. The van der Waals surface area contributed by atoms with Crippen LogP contribution >= 0.6 is 12.4 Å². The Labute approximate surface area is 126 Å². The Morgan fingerprint density at radius 3 is 2.55 bits per heavy atom. The average Bonchev–Trinajstić information content (AvgIpc) is 2.88. The van der Waals surface area contributed by atoms with Gasteiger partial charge in [0.15, 0.2) is 0 Å². The molecule has 1 aromatic carbocycles. The molecule has 4 nitrogen and oxygen atoms in total. The van der Waals surface area contributed by atoms with E-state index in [0.717, 1.165) is 31.2 Å². The summed E-state index contributed by atoms with van der Waals surface area (Å²) in [6, 6.07) is 9.99. The number of halogens is 1. The van der Waals surface area contributed by atoms with Crippen LogP contribution in [0.5, 0.6) is 0 Å². The molecule has 0 heterocycles. The first-order valence-corrected chi connectivity index (χ1v) is 6.90. The van der Waals surface area contributed by atoms with Crippen molar-refractivity contribution in [2.24, 2.45) is 5.73 Å². The fourth-order valence-corrected chi connectivity index (χ4v) is 2.41. The van der Waals surface area contributed by atoms with E-state index in [9.17, 15) is 4.79 Å². The molecule has 0 radical (unpaired) electrons. The van der Waals surface area contributed by atoms with Gasteiger partial charge in [-0.25, -0.2) is 0 Å². The van der Waals surface area contributed by atoms with Crippen LogP contribution in [-0.2, 0) is 16.1 Å². The summed E-state index contributed by atoms with van der Waals surface area (Å²) >= 11 is 0. The number of carbonyl (C=O) groups is 1. The predicted octanol–water partition coefficient (Wildman–Crippen LogP) is 2.01. The van der Waals surface area contributed by atoms with Crippen molar-refractivity contribution < 1.29 is 9.53 Å². The summed E-state index contributed by atoms with van der Waals surface area (Å²) in [5.41, 5.74) is 6.55. The van der Waals surface area contributed by atoms with Crippen LogP contribution in [0.25, 0.3) is 0 Å². The van der Waals surface area contributed by atoms with E-state index in [1.807, 2.05) is 30.3 Å². The SMILES string of the molecule is Cl.NC1(C(=O)NCCOCc2ccccc2)CCCC1. The van der Waals surface area contributed by atoms with Gasteiger partial charge in [-0.2, -0.15) is 0 Å². The molecular formula is C15H23ClN2O2. The van der Waals surface area contributed by atoms with Crippen LogP contribution in [-0.4, -0.2) is 24.6 Å². The number of carbonyl (C=O) groups excluding carboxylic acids is 1. The van der Waals surface area contributed by atoms with E-state index in [0.29, 0.717) is 19.8 Å². The second-order valence-electron chi connectivity index (χ2n) is 5.16. The number of benzene rings is 1. The molecule has 0 bridgehead atoms. The van der Waals surface area contributed by atoms with Gasteiger partial charge in [0.1, 0.15) is 0 Å². The van der Waals surface area contributed by atoms with Crippen molar-refractivity contribution >= 4 is 18.3 Å². The van der Waals surface area contributed by atoms with Gasteiger partial charge in [-0.05, 0) is 18.4 Å². The number of nitrogens with two attached hydrogens (primary N) is 1. The molecule has 5 heteroatoms. The molecule has 1 aliphatic rings. The zero-order chi connectivity index (χ0) is 13.6. The van der Waals surface area contributed by atoms with E-state index in [1.54, 1.807) is 0 Å². The van der Waals surface area contributed by atoms with Crippen molar-refractivity contribution in [3.8, 4) is 0 Å². The van der Waals surface area contributed by atoms with Gasteiger partial charge in [0.2, 0.25) is 5.91 Å². The second kappa shape index (κ2) is 8.25. The van der Waals surface area contributed by atoms with E-state index in [2.05, 4.69) is 5.32 Å². The van der Waals surface area contributed by atoms with Crippen molar-refractivity contribution in [3.05, 3.63) is 35.9 Å². The molecule has 0 aromatic heterocycles. The van der Waals surface area contributed by atoms with Crippen molar-refractivity contribution in [1.29, 1.82) is 0 Å². The van der Waals surface area contributed by atoms with E-state index in [-0.39, 0.29) is 18.3 Å². The van der Waals surface area contributed by atoms with E-state index >= 15 is 0 Å². The Hall–Kier alpha value is -1.10. The number of hydrogen-bond donors (Lipinski definition) is 2. The molecule has 0 saturated heterocycles. The van der Waals surface area contributed by atoms with Gasteiger partial charge in [0, 0.05) is 6.54 Å². The standard InChI is InChI=1S/C15H22N2O2.ClH/c16-15(8-4-5-9-15)14(18)17-10-11-19-12-13-6-2-1-3-7-13;/h1-3,6-7H,4-5,8-12,16H2,(H,17,18);1H. The molecule has 1 fully saturated rings. The Kier molecular flexibility index (Phi) is 6.99. The molecule has 20 heavy (non-hydrogen) atoms. The highest BCUT2D eigenvalue weighted by Gasteiger charge is 2.36. The maximum Gasteiger partial charge on any atom is 0.240 e. The topological polar surface area (TPSA) is 64.4 Å². The zero-order valence-corrected chi connectivity index (χ0v) is 12.5. The monoisotopic (exact) mass is 298 g/mol. The minimum absolute atomic E-state index is 0. The third kappa shape index (κ3) is 4.78. The summed E-state index contributed by atoms with van der Waals surface area (Å²) < 4.78 is 5.51. The summed E-state index contributed by atoms with van der Waals surface area (Å²) in [4.78, 5) is 11.9. The third-order valence-corrected chi connectivity index (χ3v) is 3.59. The molecule has 1 aromatic rings. The summed E-state index contributed by atoms with van der Waals surface area (Å²) in [7, 11) is 0. The van der Waals surface area contributed by atoms with E-state index in [1.165, 1.54) is 0 Å². The molecule has 0 unspecified atom stereocenters. The molecule has 2 rings (SSSR count). The maximum absolute atomic E-state index is 11.9. The molecule has 1 amide bonds. The van der Waals surface area contributed by atoms with Gasteiger partial charge in [-0.1, -0.05) is 43.2 Å². The van der Waals surface area contributed by atoms with Crippen molar-refractivity contribution in [3.63, 3.8) is 0 Å². The lowest BCUT2D eigenvalue weighted by Crippen LogP contribution is -2.52. The number of nitrogens with one attached hydrogen (secondary N) is 1. The lowest BCUT2D eigenvalue weighted by Gasteiger charge is -2.22. The first-order chi connectivity index (χ1) is 9.21. The third-order valence-electron chi connectivity index (χ3n) is 3.59. The van der Waals surface area contributed by atoms with Gasteiger partial charge in [0.25, 0.3) is 0 Å². The average molecular weight is 299 g/mol. The molecule has 0 spiro atoms. The summed E-state index contributed by atoms with van der Waals surface area (Å²) in [6.07, 6.45) is 3.69. The lowest BCUT2D eigenvalue weighted by atomic mass is 9.98. The Bertz CT molecular complexity index is 406. The van der Waals surface area contributed by atoms with Crippen LogP contribution in [0.4, 0.5) is 0 Å². The smallest absolute Gasteiger partial charge is 0.240 e. The Balaban J connectivity index is 0.00000200. The second-order valence-corrected chi connectivity index (χ2v) is 5.16. The molecule has 0 atom stereocenters. The molecular weight excluding hydrogens is 276 g/mol. The normalized spacial score (nSPS) is 16.4. The highest BCUT2D eigenvalue weighted by atomic mass is 35.5. The number of ether oxygens (including phenoxy) is 1. The van der Waals surface area contributed by atoms with Gasteiger partial charge < -0.3 is 15.8 Å². The highest BCUT2D eigenvalue weighted by molar-refractivity contribution is 5.86. The minimum Gasteiger partial charge on any atom is -0.375 e. The fraction of sp³-hybridized carbons (Fsp3) is 0.533. The molecule has 1 saturated carbocycles. The van der Waals surface area contributed by atoms with Gasteiger partial charge in [-0.3, -0.25) is 4.79 Å². The van der Waals surface area contributed by atoms with Crippen LogP contribution < -0.4 is 11.1 Å². The molecule has 1 aliphatic carbocycles. The van der Waals surface area contributed by atoms with Crippen molar-refractivity contribution in [1.82, 2.24) is 5.32 Å². The summed E-state index contributed by atoms with van der Waals surface area (Å²) in [5, 5.41) is 2.86. The summed E-state index contributed by atoms with van der Waals surface area (Å²) in [6.45, 7) is 1.60. The van der Waals surface area contributed by atoms with Crippen LogP contribution in [0, 0.1) is 0 Å². The number of rotatable bonds is 6. The number of amides is 1. The molecule has 3 N–H and O–H groups in total. The molecule has 112 valence electrons. The zero-order valence-electron chi connectivity index (χ0n) is 11.6. The Morgan fingerprint density at radius 2 is 1.90 bits per heavy atom. The van der Waals surface area contributed by atoms with Gasteiger partial charge in [-0.15, -0.1) is 12.4 Å². The minimum atomic E-state index is -0.639. The van der Waals surface area contributed by atoms with Crippen LogP contribution in [0.1, 0.15) is 31.2 Å². The number of hydrogen-bond acceptors (Lipinski definition) is 3. The van der Waals surface area contributed by atoms with Gasteiger partial charge >= 0.3 is 0 Å². The van der Waals surface area contributed by atoms with Crippen LogP contribution in [0.3, 0.4) is 0 Å². The van der Waals surface area contributed by atoms with Gasteiger partial charge in [0.05, 0.1) is 18.8 Å².